The number of halogens is 1. The Morgan fingerprint density at radius 1 is 1.47 bits per heavy atom. The Labute approximate surface area is 118 Å². The van der Waals surface area contributed by atoms with Crippen LogP contribution in [0.4, 0.5) is 5.69 Å². The largest absolute Gasteiger partial charge is 0.489 e. The Morgan fingerprint density at radius 3 is 2.74 bits per heavy atom. The molecule has 1 aliphatic rings. The number of carbonyl (C=O) groups excluding carboxylic acids is 1. The summed E-state index contributed by atoms with van der Waals surface area (Å²) >= 11 is 6.16. The molecule has 104 valence electrons. The number of hydrogen-bond acceptors (Lipinski definition) is 3. The van der Waals surface area contributed by atoms with Gasteiger partial charge in [0.15, 0.2) is 0 Å². The number of ether oxygens (including phenoxy) is 1. The number of rotatable bonds is 4. The van der Waals surface area contributed by atoms with E-state index in [9.17, 15) is 4.79 Å². The summed E-state index contributed by atoms with van der Waals surface area (Å²) < 4.78 is 5.84. The molecule has 0 spiro atoms. The van der Waals surface area contributed by atoms with Crippen molar-refractivity contribution in [2.75, 3.05) is 5.32 Å². The molecule has 0 saturated heterocycles. The zero-order chi connectivity index (χ0) is 13.8. The van der Waals surface area contributed by atoms with Gasteiger partial charge in [-0.1, -0.05) is 11.6 Å². The fraction of sp³-hybridized carbons (Fsp3) is 0.500. The van der Waals surface area contributed by atoms with Gasteiger partial charge in [-0.15, -0.1) is 0 Å². The lowest BCUT2D eigenvalue weighted by Crippen LogP contribution is -2.32. The molecule has 2 rings (SSSR count). The highest BCUT2D eigenvalue weighted by Gasteiger charge is 2.18. The summed E-state index contributed by atoms with van der Waals surface area (Å²) in [5.74, 6) is 0.438. The van der Waals surface area contributed by atoms with Crippen LogP contribution in [-0.4, -0.2) is 18.1 Å². The van der Waals surface area contributed by atoms with E-state index in [-0.39, 0.29) is 12.0 Å². The number of anilines is 1. The maximum atomic E-state index is 11.5. The Kier molecular flexibility index (Phi) is 4.66. The molecule has 1 atom stereocenters. The summed E-state index contributed by atoms with van der Waals surface area (Å²) in [5.41, 5.74) is 6.12. The van der Waals surface area contributed by atoms with Crippen molar-refractivity contribution in [1.29, 1.82) is 0 Å². The first-order valence-corrected chi connectivity index (χ1v) is 6.96. The predicted molar refractivity (Wildman–Crippen MR) is 76.6 cm³/mol. The zero-order valence-corrected chi connectivity index (χ0v) is 11.7. The van der Waals surface area contributed by atoms with Gasteiger partial charge >= 0.3 is 0 Å². The normalized spacial score (nSPS) is 17.2. The van der Waals surface area contributed by atoms with Crippen LogP contribution in [0.15, 0.2) is 18.2 Å². The van der Waals surface area contributed by atoms with Crippen molar-refractivity contribution >= 4 is 23.2 Å². The molecule has 1 fully saturated rings. The molecule has 1 aromatic carbocycles. The fourth-order valence-corrected chi connectivity index (χ4v) is 2.34. The third kappa shape index (κ3) is 3.85. The second kappa shape index (κ2) is 6.26. The summed E-state index contributed by atoms with van der Waals surface area (Å²) in [7, 11) is 0. The molecule has 0 aliphatic heterocycles. The standard InChI is InChI=1S/C14H19ClN2O2/c1-9(16)14(18)17-10-6-7-13(12(15)8-10)19-11-4-2-3-5-11/h6-9,11H,2-5,16H2,1H3,(H,17,18)/t9-/m1/s1. The van der Waals surface area contributed by atoms with Crippen LogP contribution >= 0.6 is 11.6 Å². The maximum absolute atomic E-state index is 11.5. The van der Waals surface area contributed by atoms with E-state index in [0.717, 1.165) is 12.8 Å². The summed E-state index contributed by atoms with van der Waals surface area (Å²) in [6.45, 7) is 1.63. The molecule has 1 saturated carbocycles. The number of carbonyl (C=O) groups is 1. The van der Waals surface area contributed by atoms with Crippen LogP contribution in [0.3, 0.4) is 0 Å². The van der Waals surface area contributed by atoms with Gasteiger partial charge in [-0.25, -0.2) is 0 Å². The molecular formula is C14H19ClN2O2. The molecule has 0 heterocycles. The van der Waals surface area contributed by atoms with Gasteiger partial charge in [-0.2, -0.15) is 0 Å². The first kappa shape index (κ1) is 14.2. The SMILES string of the molecule is C[C@@H](N)C(=O)Nc1ccc(OC2CCCC2)c(Cl)c1. The zero-order valence-electron chi connectivity index (χ0n) is 11.0. The molecular weight excluding hydrogens is 264 g/mol. The Hall–Kier alpha value is -1.26. The van der Waals surface area contributed by atoms with Gasteiger partial charge in [0, 0.05) is 5.69 Å². The van der Waals surface area contributed by atoms with E-state index in [4.69, 9.17) is 22.1 Å². The van der Waals surface area contributed by atoms with Gasteiger partial charge in [0.1, 0.15) is 5.75 Å². The Balaban J connectivity index is 2.02. The van der Waals surface area contributed by atoms with Gasteiger partial charge < -0.3 is 15.8 Å². The average molecular weight is 283 g/mol. The monoisotopic (exact) mass is 282 g/mol. The average Bonchev–Trinajstić information content (AvgIpc) is 2.85. The second-order valence-electron chi connectivity index (χ2n) is 4.95. The maximum Gasteiger partial charge on any atom is 0.240 e. The molecule has 5 heteroatoms. The van der Waals surface area contributed by atoms with Crippen LogP contribution in [-0.2, 0) is 4.79 Å². The van der Waals surface area contributed by atoms with Crippen LogP contribution in [0.1, 0.15) is 32.6 Å². The van der Waals surface area contributed by atoms with Crippen molar-refractivity contribution < 1.29 is 9.53 Å². The smallest absolute Gasteiger partial charge is 0.240 e. The predicted octanol–water partition coefficient (Wildman–Crippen LogP) is 2.95. The van der Waals surface area contributed by atoms with Gasteiger partial charge in [-0.3, -0.25) is 4.79 Å². The lowest BCUT2D eigenvalue weighted by molar-refractivity contribution is -0.117. The summed E-state index contributed by atoms with van der Waals surface area (Å²) in [5, 5.41) is 3.21. The molecule has 0 aromatic heterocycles. The fourth-order valence-electron chi connectivity index (χ4n) is 2.12. The van der Waals surface area contributed by atoms with Gasteiger partial charge in [0.05, 0.1) is 17.2 Å². The third-order valence-electron chi connectivity index (χ3n) is 3.21. The van der Waals surface area contributed by atoms with Crippen LogP contribution in [0.2, 0.25) is 5.02 Å². The van der Waals surface area contributed by atoms with E-state index in [0.29, 0.717) is 16.5 Å². The van der Waals surface area contributed by atoms with Crippen molar-refractivity contribution in [3.63, 3.8) is 0 Å². The lowest BCUT2D eigenvalue weighted by Gasteiger charge is -2.15. The molecule has 19 heavy (non-hydrogen) atoms. The van der Waals surface area contributed by atoms with Crippen molar-refractivity contribution in [3.8, 4) is 5.75 Å². The minimum Gasteiger partial charge on any atom is -0.489 e. The van der Waals surface area contributed by atoms with E-state index in [1.54, 1.807) is 25.1 Å². The van der Waals surface area contributed by atoms with E-state index in [1.807, 2.05) is 0 Å². The molecule has 3 N–H and O–H groups in total. The van der Waals surface area contributed by atoms with E-state index >= 15 is 0 Å². The van der Waals surface area contributed by atoms with E-state index < -0.39 is 6.04 Å². The van der Waals surface area contributed by atoms with Crippen LogP contribution in [0.5, 0.6) is 5.75 Å². The van der Waals surface area contributed by atoms with Crippen molar-refractivity contribution in [2.24, 2.45) is 5.73 Å². The number of benzene rings is 1. The summed E-state index contributed by atoms with van der Waals surface area (Å²) in [6.07, 6.45) is 4.86. The molecule has 0 bridgehead atoms. The highest BCUT2D eigenvalue weighted by atomic mass is 35.5. The quantitative estimate of drug-likeness (QED) is 0.892. The number of nitrogens with two attached hydrogens (primary N) is 1. The Morgan fingerprint density at radius 2 is 2.16 bits per heavy atom. The minimum absolute atomic E-state index is 0.236. The molecule has 1 aliphatic carbocycles. The number of amides is 1. The molecule has 1 aromatic rings. The molecule has 0 radical (unpaired) electrons. The van der Waals surface area contributed by atoms with Crippen molar-refractivity contribution in [3.05, 3.63) is 23.2 Å². The molecule has 1 amide bonds. The highest BCUT2D eigenvalue weighted by Crippen LogP contribution is 2.31. The summed E-state index contributed by atoms with van der Waals surface area (Å²) in [4.78, 5) is 11.5. The first-order valence-electron chi connectivity index (χ1n) is 6.59. The van der Waals surface area contributed by atoms with Crippen LogP contribution < -0.4 is 15.8 Å². The summed E-state index contributed by atoms with van der Waals surface area (Å²) in [6, 6.07) is 4.70. The van der Waals surface area contributed by atoms with Crippen LogP contribution in [0, 0.1) is 0 Å². The van der Waals surface area contributed by atoms with Gasteiger partial charge in [0.2, 0.25) is 5.91 Å². The van der Waals surface area contributed by atoms with Crippen molar-refractivity contribution in [1.82, 2.24) is 0 Å². The van der Waals surface area contributed by atoms with E-state index in [2.05, 4.69) is 5.32 Å². The minimum atomic E-state index is -0.548. The third-order valence-corrected chi connectivity index (χ3v) is 3.50. The Bertz CT molecular complexity index is 457. The first-order chi connectivity index (χ1) is 9.06. The molecule has 0 unspecified atom stereocenters. The van der Waals surface area contributed by atoms with Crippen molar-refractivity contribution in [2.45, 2.75) is 44.8 Å². The second-order valence-corrected chi connectivity index (χ2v) is 5.35. The van der Waals surface area contributed by atoms with Gasteiger partial charge in [-0.05, 0) is 50.8 Å². The topological polar surface area (TPSA) is 64.4 Å². The van der Waals surface area contributed by atoms with E-state index in [1.165, 1.54) is 12.8 Å². The van der Waals surface area contributed by atoms with Crippen LogP contribution in [0.25, 0.3) is 0 Å². The highest BCUT2D eigenvalue weighted by molar-refractivity contribution is 6.32. The molecule has 4 nitrogen and oxygen atoms in total. The van der Waals surface area contributed by atoms with Gasteiger partial charge in [0.25, 0.3) is 0 Å². The number of hydrogen-bond donors (Lipinski definition) is 2. The number of nitrogens with one attached hydrogen (secondary N) is 1. The lowest BCUT2D eigenvalue weighted by atomic mass is 10.2.